The number of carbonyl (C=O) groups is 1. The van der Waals surface area contributed by atoms with Crippen molar-refractivity contribution in [3.05, 3.63) is 95.6 Å². The van der Waals surface area contributed by atoms with Gasteiger partial charge in [0, 0.05) is 6.04 Å². The van der Waals surface area contributed by atoms with Gasteiger partial charge in [-0.1, -0.05) is 54.6 Å². The summed E-state index contributed by atoms with van der Waals surface area (Å²) in [5.41, 5.74) is 3.33. The van der Waals surface area contributed by atoms with E-state index in [9.17, 15) is 13.2 Å². The summed E-state index contributed by atoms with van der Waals surface area (Å²) in [6.45, 7) is 1.67. The molecule has 6 nitrogen and oxygen atoms in total. The summed E-state index contributed by atoms with van der Waals surface area (Å²) >= 11 is 0. The maximum atomic E-state index is 12.7. The first-order chi connectivity index (χ1) is 15.9. The fraction of sp³-hybridized carbons (Fsp3) is 0.269. The lowest BCUT2D eigenvalue weighted by Crippen LogP contribution is -2.34. The standard InChI is InChI=1S/C26H28N2O4S/c1-19(20-8-3-2-4-9-20)28-33(30,31)23-16-14-22(15-17-23)32-18-26(29)27-25-13-7-11-21-10-5-6-12-24(21)25/h2-6,8-10,12,14-17,19,25,28H,7,11,13,18H2,1H3,(H,27,29)/t19-,25+/m0/s1. The van der Waals surface area contributed by atoms with Crippen LogP contribution in [0.4, 0.5) is 0 Å². The van der Waals surface area contributed by atoms with Crippen LogP contribution < -0.4 is 14.8 Å². The van der Waals surface area contributed by atoms with Crippen LogP contribution >= 0.6 is 0 Å². The van der Waals surface area contributed by atoms with E-state index < -0.39 is 10.0 Å². The molecule has 172 valence electrons. The minimum absolute atomic E-state index is 0.00347. The topological polar surface area (TPSA) is 84.5 Å². The summed E-state index contributed by atoms with van der Waals surface area (Å²) in [5, 5.41) is 3.05. The van der Waals surface area contributed by atoms with Crippen LogP contribution in [-0.2, 0) is 21.2 Å². The van der Waals surface area contributed by atoms with Gasteiger partial charge in [0.05, 0.1) is 10.9 Å². The molecule has 0 fully saturated rings. The van der Waals surface area contributed by atoms with Gasteiger partial charge in [-0.2, -0.15) is 0 Å². The molecule has 1 aliphatic rings. The second kappa shape index (κ2) is 10.2. The van der Waals surface area contributed by atoms with Crippen LogP contribution in [0.15, 0.2) is 83.8 Å². The third-order valence-corrected chi connectivity index (χ3v) is 7.40. The van der Waals surface area contributed by atoms with Gasteiger partial charge in [-0.3, -0.25) is 4.79 Å². The second-order valence-electron chi connectivity index (χ2n) is 8.22. The quantitative estimate of drug-likeness (QED) is 0.521. The summed E-state index contributed by atoms with van der Waals surface area (Å²) < 4.78 is 33.7. The molecular weight excluding hydrogens is 436 g/mol. The molecule has 0 saturated heterocycles. The summed E-state index contributed by atoms with van der Waals surface area (Å²) in [6.07, 6.45) is 2.98. The van der Waals surface area contributed by atoms with Crippen molar-refractivity contribution in [2.75, 3.05) is 6.61 Å². The fourth-order valence-electron chi connectivity index (χ4n) is 4.11. The van der Waals surface area contributed by atoms with E-state index in [2.05, 4.69) is 22.2 Å². The van der Waals surface area contributed by atoms with Gasteiger partial charge in [0.1, 0.15) is 5.75 Å². The smallest absolute Gasteiger partial charge is 0.258 e. The summed E-state index contributed by atoms with van der Waals surface area (Å²) in [6, 6.07) is 23.3. The predicted octanol–water partition coefficient (Wildman–Crippen LogP) is 4.30. The molecule has 3 aromatic rings. The normalized spacial score (nSPS) is 16.5. The van der Waals surface area contributed by atoms with Gasteiger partial charge in [0.15, 0.2) is 6.61 Å². The molecule has 0 bridgehead atoms. The lowest BCUT2D eigenvalue weighted by atomic mass is 9.88. The Kier molecular flexibility index (Phi) is 7.11. The number of rotatable bonds is 8. The number of aryl methyl sites for hydroxylation is 1. The van der Waals surface area contributed by atoms with Crippen LogP contribution in [0.25, 0.3) is 0 Å². The number of hydrogen-bond donors (Lipinski definition) is 2. The molecular formula is C26H28N2O4S. The number of carbonyl (C=O) groups excluding carboxylic acids is 1. The van der Waals surface area contributed by atoms with Crippen LogP contribution in [0.5, 0.6) is 5.75 Å². The van der Waals surface area contributed by atoms with Gasteiger partial charge in [-0.25, -0.2) is 13.1 Å². The maximum Gasteiger partial charge on any atom is 0.258 e. The summed E-state index contributed by atoms with van der Waals surface area (Å²) in [7, 11) is -3.69. The lowest BCUT2D eigenvalue weighted by Gasteiger charge is -2.26. The van der Waals surface area contributed by atoms with E-state index in [1.807, 2.05) is 42.5 Å². The molecule has 0 spiro atoms. The van der Waals surface area contributed by atoms with Crippen LogP contribution in [0.2, 0.25) is 0 Å². The van der Waals surface area contributed by atoms with E-state index in [-0.39, 0.29) is 29.5 Å². The Morgan fingerprint density at radius 3 is 2.45 bits per heavy atom. The Hall–Kier alpha value is -3.16. The van der Waals surface area contributed by atoms with Gasteiger partial charge >= 0.3 is 0 Å². The number of sulfonamides is 1. The highest BCUT2D eigenvalue weighted by Gasteiger charge is 2.22. The summed E-state index contributed by atoms with van der Waals surface area (Å²) in [4.78, 5) is 12.6. The largest absolute Gasteiger partial charge is 0.484 e. The van der Waals surface area contributed by atoms with E-state index >= 15 is 0 Å². The number of amides is 1. The van der Waals surface area contributed by atoms with Crippen molar-refractivity contribution >= 4 is 15.9 Å². The molecule has 7 heteroatoms. The van der Waals surface area contributed by atoms with Crippen molar-refractivity contribution in [3.63, 3.8) is 0 Å². The van der Waals surface area contributed by atoms with Crippen molar-refractivity contribution in [1.82, 2.24) is 10.0 Å². The molecule has 0 unspecified atom stereocenters. The van der Waals surface area contributed by atoms with Gasteiger partial charge in [-0.05, 0) is 67.1 Å². The van der Waals surface area contributed by atoms with E-state index in [1.165, 1.54) is 23.3 Å². The molecule has 33 heavy (non-hydrogen) atoms. The van der Waals surface area contributed by atoms with Crippen LogP contribution in [-0.4, -0.2) is 20.9 Å². The lowest BCUT2D eigenvalue weighted by molar-refractivity contribution is -0.124. The number of ether oxygens (including phenoxy) is 1. The second-order valence-corrected chi connectivity index (χ2v) is 9.94. The number of benzene rings is 3. The van der Waals surface area contributed by atoms with Gasteiger partial charge < -0.3 is 10.1 Å². The highest BCUT2D eigenvalue weighted by molar-refractivity contribution is 7.89. The van der Waals surface area contributed by atoms with Crippen molar-refractivity contribution in [2.24, 2.45) is 0 Å². The molecule has 1 amide bonds. The molecule has 1 aliphatic carbocycles. The molecule has 3 aromatic carbocycles. The van der Waals surface area contributed by atoms with Crippen molar-refractivity contribution in [3.8, 4) is 5.75 Å². The van der Waals surface area contributed by atoms with Gasteiger partial charge in [0.25, 0.3) is 5.91 Å². The van der Waals surface area contributed by atoms with E-state index in [1.54, 1.807) is 19.1 Å². The minimum atomic E-state index is -3.69. The number of nitrogens with one attached hydrogen (secondary N) is 2. The molecule has 0 heterocycles. The first kappa shape index (κ1) is 23.0. The zero-order valence-electron chi connectivity index (χ0n) is 18.5. The summed E-state index contributed by atoms with van der Waals surface area (Å²) in [5.74, 6) is 0.232. The van der Waals surface area contributed by atoms with Crippen molar-refractivity contribution < 1.29 is 17.9 Å². The molecule has 0 radical (unpaired) electrons. The van der Waals surface area contributed by atoms with Gasteiger partial charge in [-0.15, -0.1) is 0 Å². The SMILES string of the molecule is C[C@H](NS(=O)(=O)c1ccc(OCC(=O)N[C@@H]2CCCc3ccccc32)cc1)c1ccccc1. The zero-order chi connectivity index (χ0) is 23.3. The Morgan fingerprint density at radius 1 is 1.00 bits per heavy atom. The molecule has 0 aliphatic heterocycles. The van der Waals surface area contributed by atoms with Gasteiger partial charge in [0.2, 0.25) is 10.0 Å². The Bertz CT molecular complexity index is 1190. The van der Waals surface area contributed by atoms with Crippen molar-refractivity contribution in [1.29, 1.82) is 0 Å². The third kappa shape index (κ3) is 5.80. The fourth-order valence-corrected chi connectivity index (χ4v) is 5.35. The third-order valence-electron chi connectivity index (χ3n) is 5.84. The highest BCUT2D eigenvalue weighted by Crippen LogP contribution is 2.29. The Labute approximate surface area is 195 Å². The number of hydrogen-bond acceptors (Lipinski definition) is 4. The molecule has 2 N–H and O–H groups in total. The van der Waals surface area contributed by atoms with Crippen LogP contribution in [0.3, 0.4) is 0 Å². The minimum Gasteiger partial charge on any atom is -0.484 e. The molecule has 4 rings (SSSR count). The monoisotopic (exact) mass is 464 g/mol. The van der Waals surface area contributed by atoms with E-state index in [4.69, 9.17) is 4.74 Å². The predicted molar refractivity (Wildman–Crippen MR) is 127 cm³/mol. The van der Waals surface area contributed by atoms with Crippen molar-refractivity contribution in [2.45, 2.75) is 43.2 Å². The van der Waals surface area contributed by atoms with E-state index in [0.29, 0.717) is 5.75 Å². The maximum absolute atomic E-state index is 12.7. The Morgan fingerprint density at radius 2 is 1.70 bits per heavy atom. The highest BCUT2D eigenvalue weighted by atomic mass is 32.2. The Balaban J connectivity index is 1.32. The zero-order valence-corrected chi connectivity index (χ0v) is 19.3. The average Bonchev–Trinajstić information content (AvgIpc) is 2.83. The molecule has 0 saturated carbocycles. The average molecular weight is 465 g/mol. The first-order valence-electron chi connectivity index (χ1n) is 11.1. The first-order valence-corrected chi connectivity index (χ1v) is 12.6. The number of fused-ring (bicyclic) bond motifs is 1. The van der Waals surface area contributed by atoms with E-state index in [0.717, 1.165) is 24.8 Å². The van der Waals surface area contributed by atoms with Crippen LogP contribution in [0.1, 0.15) is 48.5 Å². The molecule has 0 aromatic heterocycles. The molecule has 2 atom stereocenters. The van der Waals surface area contributed by atoms with Crippen LogP contribution in [0, 0.1) is 0 Å².